The highest BCUT2D eigenvalue weighted by atomic mass is 16.5. The molecule has 0 aromatic heterocycles. The van der Waals surface area contributed by atoms with Gasteiger partial charge in [-0.25, -0.2) is 0 Å². The van der Waals surface area contributed by atoms with Gasteiger partial charge in [0.05, 0.1) is 13.0 Å². The number of ether oxygens (including phenoxy) is 1. The minimum absolute atomic E-state index is 0.0906. The van der Waals surface area contributed by atoms with E-state index in [1.165, 1.54) is 0 Å². The molecule has 0 amide bonds. The lowest BCUT2D eigenvalue weighted by molar-refractivity contribution is -0.144. The number of esters is 1. The molecule has 0 heterocycles. The number of nitrogens with two attached hydrogens (primary N) is 1. The molecular formula is C12H25NO2. The number of carbonyl (C=O) groups excluding carboxylic acids is 1. The van der Waals surface area contributed by atoms with Crippen LogP contribution in [0.1, 0.15) is 47.5 Å². The lowest BCUT2D eigenvalue weighted by atomic mass is 9.93. The summed E-state index contributed by atoms with van der Waals surface area (Å²) in [6.07, 6.45) is 1.21. The average Bonchev–Trinajstić information content (AvgIpc) is 2.01. The van der Waals surface area contributed by atoms with Crippen molar-refractivity contribution in [3.05, 3.63) is 0 Å². The van der Waals surface area contributed by atoms with Gasteiger partial charge in [-0.1, -0.05) is 34.6 Å². The molecule has 0 aliphatic heterocycles. The topological polar surface area (TPSA) is 52.3 Å². The van der Waals surface area contributed by atoms with Crippen LogP contribution in [0.2, 0.25) is 0 Å². The zero-order valence-electron chi connectivity index (χ0n) is 10.7. The SMILES string of the molecule is CC(C)C(N)CC(=O)OCCC(C)(C)C. The molecule has 0 aromatic carbocycles. The third kappa shape index (κ3) is 8.43. The number of hydrogen-bond donors (Lipinski definition) is 1. The van der Waals surface area contributed by atoms with Gasteiger partial charge in [0.1, 0.15) is 0 Å². The zero-order chi connectivity index (χ0) is 12.1. The average molecular weight is 215 g/mol. The summed E-state index contributed by atoms with van der Waals surface area (Å²) in [6, 6.07) is -0.0906. The summed E-state index contributed by atoms with van der Waals surface area (Å²) in [5.41, 5.74) is 5.98. The number of carbonyl (C=O) groups is 1. The van der Waals surface area contributed by atoms with Crippen LogP contribution >= 0.6 is 0 Å². The summed E-state index contributed by atoms with van der Waals surface area (Å²) in [5, 5.41) is 0. The predicted octanol–water partition coefficient (Wildman–Crippen LogP) is 2.34. The molecule has 0 saturated heterocycles. The Kier molecular flexibility index (Phi) is 5.88. The Morgan fingerprint density at radius 2 is 1.87 bits per heavy atom. The maximum absolute atomic E-state index is 11.3. The molecule has 1 unspecified atom stereocenters. The third-order valence-electron chi connectivity index (χ3n) is 2.37. The van der Waals surface area contributed by atoms with Gasteiger partial charge in [-0.15, -0.1) is 0 Å². The van der Waals surface area contributed by atoms with E-state index in [0.717, 1.165) is 6.42 Å². The Bertz CT molecular complexity index is 194. The van der Waals surface area contributed by atoms with E-state index in [2.05, 4.69) is 20.8 Å². The number of hydrogen-bond acceptors (Lipinski definition) is 3. The van der Waals surface area contributed by atoms with Crippen LogP contribution in [0.5, 0.6) is 0 Å². The first-order valence-corrected chi connectivity index (χ1v) is 5.63. The molecule has 0 aliphatic carbocycles. The van der Waals surface area contributed by atoms with Crippen LogP contribution in [0.4, 0.5) is 0 Å². The summed E-state index contributed by atoms with van der Waals surface area (Å²) in [6.45, 7) is 10.9. The van der Waals surface area contributed by atoms with Crippen LogP contribution in [0.3, 0.4) is 0 Å². The van der Waals surface area contributed by atoms with E-state index in [0.29, 0.717) is 18.9 Å². The Morgan fingerprint density at radius 1 is 1.33 bits per heavy atom. The lowest BCUT2D eigenvalue weighted by Gasteiger charge is -2.18. The maximum atomic E-state index is 11.3. The van der Waals surface area contributed by atoms with Crippen LogP contribution in [0.25, 0.3) is 0 Å². The highest BCUT2D eigenvalue weighted by molar-refractivity contribution is 5.70. The second-order valence-electron chi connectivity index (χ2n) is 5.64. The van der Waals surface area contributed by atoms with Crippen molar-refractivity contribution in [1.82, 2.24) is 0 Å². The molecular weight excluding hydrogens is 190 g/mol. The van der Waals surface area contributed by atoms with Gasteiger partial charge in [0.2, 0.25) is 0 Å². The van der Waals surface area contributed by atoms with E-state index in [9.17, 15) is 4.79 Å². The Balaban J connectivity index is 3.67. The molecule has 0 saturated carbocycles. The maximum Gasteiger partial charge on any atom is 0.307 e. The van der Waals surface area contributed by atoms with Gasteiger partial charge < -0.3 is 10.5 Å². The van der Waals surface area contributed by atoms with E-state index in [4.69, 9.17) is 10.5 Å². The van der Waals surface area contributed by atoms with E-state index in [-0.39, 0.29) is 17.4 Å². The molecule has 0 fully saturated rings. The first kappa shape index (κ1) is 14.4. The Morgan fingerprint density at radius 3 is 2.27 bits per heavy atom. The van der Waals surface area contributed by atoms with E-state index in [1.54, 1.807) is 0 Å². The normalized spacial score (nSPS) is 14.1. The fourth-order valence-electron chi connectivity index (χ4n) is 0.958. The van der Waals surface area contributed by atoms with E-state index >= 15 is 0 Å². The second-order valence-corrected chi connectivity index (χ2v) is 5.64. The molecule has 1 atom stereocenters. The summed E-state index contributed by atoms with van der Waals surface area (Å²) in [5.74, 6) is 0.139. The lowest BCUT2D eigenvalue weighted by Crippen LogP contribution is -2.30. The van der Waals surface area contributed by atoms with Crippen molar-refractivity contribution in [1.29, 1.82) is 0 Å². The minimum Gasteiger partial charge on any atom is -0.466 e. The monoisotopic (exact) mass is 215 g/mol. The van der Waals surface area contributed by atoms with Gasteiger partial charge in [0.15, 0.2) is 0 Å². The van der Waals surface area contributed by atoms with Crippen molar-refractivity contribution >= 4 is 5.97 Å². The fourth-order valence-corrected chi connectivity index (χ4v) is 0.958. The molecule has 3 nitrogen and oxygen atoms in total. The van der Waals surface area contributed by atoms with Crippen molar-refractivity contribution in [2.45, 2.75) is 53.5 Å². The molecule has 0 aromatic rings. The Labute approximate surface area is 93.4 Å². The van der Waals surface area contributed by atoms with Crippen LogP contribution in [0.15, 0.2) is 0 Å². The van der Waals surface area contributed by atoms with Crippen molar-refractivity contribution in [3.8, 4) is 0 Å². The fraction of sp³-hybridized carbons (Fsp3) is 0.917. The molecule has 0 radical (unpaired) electrons. The summed E-state index contributed by atoms with van der Waals surface area (Å²) in [4.78, 5) is 11.3. The molecule has 2 N–H and O–H groups in total. The van der Waals surface area contributed by atoms with Crippen molar-refractivity contribution < 1.29 is 9.53 Å². The second kappa shape index (κ2) is 6.11. The highest BCUT2D eigenvalue weighted by Gasteiger charge is 2.15. The first-order chi connectivity index (χ1) is 6.72. The first-order valence-electron chi connectivity index (χ1n) is 5.63. The molecule has 90 valence electrons. The highest BCUT2D eigenvalue weighted by Crippen LogP contribution is 2.18. The quantitative estimate of drug-likeness (QED) is 0.716. The van der Waals surface area contributed by atoms with Gasteiger partial charge in [-0.3, -0.25) is 4.79 Å². The van der Waals surface area contributed by atoms with Crippen molar-refractivity contribution in [2.75, 3.05) is 6.61 Å². The van der Waals surface area contributed by atoms with Crippen LogP contribution < -0.4 is 5.73 Å². The molecule has 15 heavy (non-hydrogen) atoms. The summed E-state index contributed by atoms with van der Waals surface area (Å²) >= 11 is 0. The predicted molar refractivity (Wildman–Crippen MR) is 62.5 cm³/mol. The summed E-state index contributed by atoms with van der Waals surface area (Å²) in [7, 11) is 0. The van der Waals surface area contributed by atoms with Crippen molar-refractivity contribution in [3.63, 3.8) is 0 Å². The minimum atomic E-state index is -0.180. The molecule has 0 rings (SSSR count). The molecule has 0 spiro atoms. The van der Waals surface area contributed by atoms with Crippen LogP contribution in [0, 0.1) is 11.3 Å². The van der Waals surface area contributed by atoms with Crippen molar-refractivity contribution in [2.24, 2.45) is 17.1 Å². The number of rotatable bonds is 5. The van der Waals surface area contributed by atoms with Gasteiger partial charge in [0.25, 0.3) is 0 Å². The zero-order valence-corrected chi connectivity index (χ0v) is 10.7. The molecule has 3 heteroatoms. The smallest absolute Gasteiger partial charge is 0.307 e. The van der Waals surface area contributed by atoms with E-state index in [1.807, 2.05) is 13.8 Å². The van der Waals surface area contributed by atoms with E-state index < -0.39 is 0 Å². The largest absolute Gasteiger partial charge is 0.466 e. The standard InChI is InChI=1S/C12H25NO2/c1-9(2)10(13)8-11(14)15-7-6-12(3,4)5/h9-10H,6-8,13H2,1-5H3. The molecule has 0 aliphatic rings. The molecule has 0 bridgehead atoms. The summed E-state index contributed by atoms with van der Waals surface area (Å²) < 4.78 is 5.12. The van der Waals surface area contributed by atoms with Gasteiger partial charge in [-0.05, 0) is 17.8 Å². The van der Waals surface area contributed by atoms with Gasteiger partial charge in [0, 0.05) is 6.04 Å². The van der Waals surface area contributed by atoms with Crippen LogP contribution in [-0.4, -0.2) is 18.6 Å². The van der Waals surface area contributed by atoms with Gasteiger partial charge >= 0.3 is 5.97 Å². The van der Waals surface area contributed by atoms with Crippen LogP contribution in [-0.2, 0) is 9.53 Å². The van der Waals surface area contributed by atoms with Gasteiger partial charge in [-0.2, -0.15) is 0 Å². The third-order valence-corrected chi connectivity index (χ3v) is 2.37. The Hall–Kier alpha value is -0.570.